The van der Waals surface area contributed by atoms with Crippen LogP contribution in [0.15, 0.2) is 36.4 Å². The van der Waals surface area contributed by atoms with E-state index in [9.17, 15) is 4.79 Å². The quantitative estimate of drug-likeness (QED) is 0.771. The molecule has 0 radical (unpaired) electrons. The highest BCUT2D eigenvalue weighted by atomic mass is 16.5. The summed E-state index contributed by atoms with van der Waals surface area (Å²) in [6, 6.07) is 12.0. The minimum absolute atomic E-state index is 0.203. The lowest BCUT2D eigenvalue weighted by molar-refractivity contribution is -0.144. The third kappa shape index (κ3) is 3.76. The molecule has 0 aliphatic heterocycles. The summed E-state index contributed by atoms with van der Waals surface area (Å²) in [7, 11) is 1.88. The van der Waals surface area contributed by atoms with Crippen molar-refractivity contribution < 1.29 is 9.53 Å². The van der Waals surface area contributed by atoms with Gasteiger partial charge in [-0.2, -0.15) is 0 Å². The van der Waals surface area contributed by atoms with Gasteiger partial charge >= 0.3 is 5.97 Å². The summed E-state index contributed by atoms with van der Waals surface area (Å²) in [5.74, 6) is -0.203. The molecule has 19 heavy (non-hydrogen) atoms. The van der Waals surface area contributed by atoms with Crippen LogP contribution in [0, 0.1) is 0 Å². The predicted molar refractivity (Wildman–Crippen MR) is 74.7 cm³/mol. The topological polar surface area (TPSA) is 42.4 Å². The van der Waals surface area contributed by atoms with E-state index in [2.05, 4.69) is 11.1 Å². The van der Waals surface area contributed by atoms with Crippen molar-refractivity contribution in [2.75, 3.05) is 20.2 Å². The van der Waals surface area contributed by atoms with Gasteiger partial charge in [-0.25, -0.2) is 0 Å². The number of carbonyl (C=O) groups is 1. The lowest BCUT2D eigenvalue weighted by atomic mass is 10.2. The largest absolute Gasteiger partial charge is 0.465 e. The Hall–Kier alpha value is -1.94. The molecule has 0 amide bonds. The Kier molecular flexibility index (Phi) is 4.47. The summed E-state index contributed by atoms with van der Waals surface area (Å²) in [6.07, 6.45) is 0. The fourth-order valence-corrected chi connectivity index (χ4v) is 1.96. The Bertz CT molecular complexity index is 569. The van der Waals surface area contributed by atoms with Crippen LogP contribution in [-0.4, -0.2) is 36.1 Å². The van der Waals surface area contributed by atoms with E-state index in [4.69, 9.17) is 4.74 Å². The van der Waals surface area contributed by atoms with E-state index in [1.54, 1.807) is 0 Å². The molecular weight excluding hydrogens is 240 g/mol. The molecule has 0 fully saturated rings. The molecule has 1 heterocycles. The summed E-state index contributed by atoms with van der Waals surface area (Å²) >= 11 is 0. The van der Waals surface area contributed by atoms with Crippen molar-refractivity contribution in [3.63, 3.8) is 0 Å². The molecule has 0 N–H and O–H groups in total. The zero-order valence-electron chi connectivity index (χ0n) is 11.3. The molecule has 0 saturated carbocycles. The summed E-state index contributed by atoms with van der Waals surface area (Å²) in [5.41, 5.74) is 1.93. The Morgan fingerprint density at radius 3 is 2.84 bits per heavy atom. The zero-order valence-corrected chi connectivity index (χ0v) is 11.3. The van der Waals surface area contributed by atoms with Gasteiger partial charge in [0, 0.05) is 11.9 Å². The van der Waals surface area contributed by atoms with E-state index in [0.29, 0.717) is 13.2 Å². The van der Waals surface area contributed by atoms with Crippen molar-refractivity contribution in [1.29, 1.82) is 0 Å². The molecule has 2 rings (SSSR count). The molecule has 0 atom stereocenters. The Labute approximate surface area is 113 Å². The molecule has 4 nitrogen and oxygen atoms in total. The summed E-state index contributed by atoms with van der Waals surface area (Å²) in [6.45, 7) is 3.13. The van der Waals surface area contributed by atoms with Crippen LogP contribution in [0.3, 0.4) is 0 Å². The van der Waals surface area contributed by atoms with E-state index in [1.165, 1.54) is 0 Å². The number of rotatable bonds is 5. The first-order chi connectivity index (χ1) is 9.19. The number of benzene rings is 1. The first-order valence-electron chi connectivity index (χ1n) is 6.38. The van der Waals surface area contributed by atoms with Crippen molar-refractivity contribution in [3.8, 4) is 0 Å². The average molecular weight is 258 g/mol. The first kappa shape index (κ1) is 13.5. The standard InChI is InChI=1S/C15H18N2O2/c1-3-19-15(18)11-17(2)10-13-9-8-12-6-4-5-7-14(12)16-13/h4-9H,3,10-11H2,1-2H3. The number of para-hydroxylation sites is 1. The van der Waals surface area contributed by atoms with Gasteiger partial charge in [0.25, 0.3) is 0 Å². The van der Waals surface area contributed by atoms with Gasteiger partial charge in [-0.3, -0.25) is 14.7 Å². The zero-order chi connectivity index (χ0) is 13.7. The second-order valence-corrected chi connectivity index (χ2v) is 4.47. The molecule has 0 saturated heterocycles. The summed E-state index contributed by atoms with van der Waals surface area (Å²) < 4.78 is 4.92. The minimum atomic E-state index is -0.203. The van der Waals surface area contributed by atoms with Gasteiger partial charge < -0.3 is 4.74 Å². The first-order valence-corrected chi connectivity index (χ1v) is 6.38. The van der Waals surface area contributed by atoms with Crippen molar-refractivity contribution in [2.45, 2.75) is 13.5 Å². The van der Waals surface area contributed by atoms with Crippen LogP contribution in [0.2, 0.25) is 0 Å². The predicted octanol–water partition coefficient (Wildman–Crippen LogP) is 2.23. The molecule has 0 aliphatic carbocycles. The number of likely N-dealkylation sites (N-methyl/N-ethyl adjacent to an activating group) is 1. The number of pyridine rings is 1. The number of aromatic nitrogens is 1. The van der Waals surface area contributed by atoms with Gasteiger partial charge in [-0.05, 0) is 26.1 Å². The van der Waals surface area contributed by atoms with Gasteiger partial charge in [0.05, 0.1) is 24.4 Å². The van der Waals surface area contributed by atoms with Crippen molar-refractivity contribution in [1.82, 2.24) is 9.88 Å². The molecular formula is C15H18N2O2. The van der Waals surface area contributed by atoms with Crippen LogP contribution >= 0.6 is 0 Å². The molecule has 0 bridgehead atoms. The molecule has 0 spiro atoms. The molecule has 1 aromatic heterocycles. The van der Waals surface area contributed by atoms with Crippen LogP contribution in [0.1, 0.15) is 12.6 Å². The maximum absolute atomic E-state index is 11.4. The van der Waals surface area contributed by atoms with Gasteiger partial charge in [0.15, 0.2) is 0 Å². The molecule has 100 valence electrons. The monoisotopic (exact) mass is 258 g/mol. The van der Waals surface area contributed by atoms with E-state index in [0.717, 1.165) is 16.6 Å². The van der Waals surface area contributed by atoms with Crippen LogP contribution in [0.4, 0.5) is 0 Å². The average Bonchev–Trinajstić information content (AvgIpc) is 2.38. The van der Waals surface area contributed by atoms with E-state index in [-0.39, 0.29) is 12.5 Å². The fraction of sp³-hybridized carbons (Fsp3) is 0.333. The highest BCUT2D eigenvalue weighted by Crippen LogP contribution is 2.12. The molecule has 1 aromatic carbocycles. The van der Waals surface area contributed by atoms with Crippen molar-refractivity contribution in [2.24, 2.45) is 0 Å². The number of esters is 1. The van der Waals surface area contributed by atoms with E-state index in [1.807, 2.05) is 49.2 Å². The van der Waals surface area contributed by atoms with Crippen molar-refractivity contribution in [3.05, 3.63) is 42.1 Å². The number of fused-ring (bicyclic) bond motifs is 1. The fourth-order valence-electron chi connectivity index (χ4n) is 1.96. The maximum Gasteiger partial charge on any atom is 0.320 e. The van der Waals surface area contributed by atoms with Gasteiger partial charge in [0.2, 0.25) is 0 Å². The van der Waals surface area contributed by atoms with Gasteiger partial charge in [-0.15, -0.1) is 0 Å². The highest BCUT2D eigenvalue weighted by Gasteiger charge is 2.08. The second kappa shape index (κ2) is 6.29. The molecule has 0 unspecified atom stereocenters. The van der Waals surface area contributed by atoms with Crippen LogP contribution in [0.25, 0.3) is 10.9 Å². The van der Waals surface area contributed by atoms with Crippen LogP contribution in [0.5, 0.6) is 0 Å². The number of carbonyl (C=O) groups excluding carboxylic acids is 1. The Morgan fingerprint density at radius 2 is 2.05 bits per heavy atom. The van der Waals surface area contributed by atoms with Crippen molar-refractivity contribution >= 4 is 16.9 Å². The maximum atomic E-state index is 11.4. The highest BCUT2D eigenvalue weighted by molar-refractivity contribution is 5.78. The number of hydrogen-bond acceptors (Lipinski definition) is 4. The lowest BCUT2D eigenvalue weighted by Gasteiger charge is -2.15. The summed E-state index contributed by atoms with van der Waals surface area (Å²) in [5, 5.41) is 1.12. The summed E-state index contributed by atoms with van der Waals surface area (Å²) in [4.78, 5) is 17.8. The third-order valence-electron chi connectivity index (χ3n) is 2.79. The van der Waals surface area contributed by atoms with Gasteiger partial charge in [-0.1, -0.05) is 24.3 Å². The van der Waals surface area contributed by atoms with Crippen LogP contribution < -0.4 is 0 Å². The molecule has 0 aliphatic rings. The second-order valence-electron chi connectivity index (χ2n) is 4.47. The number of nitrogens with zero attached hydrogens (tertiary/aromatic N) is 2. The van der Waals surface area contributed by atoms with E-state index >= 15 is 0 Å². The third-order valence-corrected chi connectivity index (χ3v) is 2.79. The normalized spacial score (nSPS) is 10.9. The Morgan fingerprint density at radius 1 is 1.26 bits per heavy atom. The number of hydrogen-bond donors (Lipinski definition) is 0. The van der Waals surface area contributed by atoms with Crippen LogP contribution in [-0.2, 0) is 16.1 Å². The Balaban J connectivity index is 2.02. The number of ether oxygens (including phenoxy) is 1. The molecule has 4 heteroatoms. The SMILES string of the molecule is CCOC(=O)CN(C)Cc1ccc2ccccc2n1. The smallest absolute Gasteiger partial charge is 0.320 e. The molecule has 2 aromatic rings. The lowest BCUT2D eigenvalue weighted by Crippen LogP contribution is -2.27. The van der Waals surface area contributed by atoms with E-state index < -0.39 is 0 Å². The van der Waals surface area contributed by atoms with Gasteiger partial charge in [0.1, 0.15) is 0 Å². The minimum Gasteiger partial charge on any atom is -0.465 e.